The van der Waals surface area contributed by atoms with Crippen LogP contribution in [-0.2, 0) is 5.41 Å². The quantitative estimate of drug-likeness (QED) is 0.670. The monoisotopic (exact) mass is 420 g/mol. The van der Waals surface area contributed by atoms with Crippen molar-refractivity contribution in [2.75, 3.05) is 0 Å². The van der Waals surface area contributed by atoms with Crippen LogP contribution in [0.5, 0.6) is 0 Å². The van der Waals surface area contributed by atoms with E-state index >= 15 is 0 Å². The molecule has 0 aliphatic heterocycles. The Balaban J connectivity index is 1.92. The highest BCUT2D eigenvalue weighted by atomic mass is 79.9. The summed E-state index contributed by atoms with van der Waals surface area (Å²) >= 11 is 4.59. The molecule has 0 unspecified atom stereocenters. The number of rotatable bonds is 3. The number of amides is 3. The third-order valence-corrected chi connectivity index (χ3v) is 5.36. The third-order valence-electron chi connectivity index (χ3n) is 3.58. The molecule has 0 bridgehead atoms. The van der Waals surface area contributed by atoms with Gasteiger partial charge in [-0.2, -0.15) is 0 Å². The van der Waals surface area contributed by atoms with Gasteiger partial charge in [-0.05, 0) is 75.6 Å². The fraction of sp³-hybridized carbons (Fsp3) is 0.263. The van der Waals surface area contributed by atoms with Gasteiger partial charge in [0, 0.05) is 14.9 Å². The van der Waals surface area contributed by atoms with E-state index in [1.165, 1.54) is 0 Å². The van der Waals surface area contributed by atoms with Gasteiger partial charge in [-0.1, -0.05) is 39.0 Å². The number of nitrogens with one attached hydrogen (secondary N) is 2. The Morgan fingerprint density at radius 3 is 2.24 bits per heavy atom. The molecule has 0 aliphatic rings. The van der Waals surface area contributed by atoms with Crippen molar-refractivity contribution in [1.29, 1.82) is 0 Å². The minimum absolute atomic E-state index is 0.0183. The van der Waals surface area contributed by atoms with Gasteiger partial charge in [-0.15, -0.1) is 0 Å². The van der Waals surface area contributed by atoms with Crippen LogP contribution < -0.4 is 10.0 Å². The van der Waals surface area contributed by atoms with E-state index in [9.17, 15) is 9.59 Å². The second-order valence-corrected chi connectivity index (χ2v) is 8.45. The van der Waals surface area contributed by atoms with Crippen molar-refractivity contribution in [1.82, 2.24) is 10.0 Å². The molecule has 0 radical (unpaired) electrons. The van der Waals surface area contributed by atoms with E-state index in [0.717, 1.165) is 32.4 Å². The van der Waals surface area contributed by atoms with Gasteiger partial charge in [-0.25, -0.2) is 4.79 Å². The molecular weight excluding hydrogens is 400 g/mol. The van der Waals surface area contributed by atoms with E-state index in [4.69, 9.17) is 0 Å². The second kappa shape index (κ2) is 8.06. The molecule has 25 heavy (non-hydrogen) atoms. The largest absolute Gasteiger partial charge is 0.331 e. The molecular formula is C19H21BrN2O2S. The lowest BCUT2D eigenvalue weighted by Gasteiger charge is -2.19. The number of carbonyl (C=O) groups excluding carboxylic acids is 2. The van der Waals surface area contributed by atoms with E-state index in [-0.39, 0.29) is 5.41 Å². The molecule has 0 aliphatic carbocycles. The predicted octanol–water partition coefficient (Wildman–Crippen LogP) is 5.20. The highest BCUT2D eigenvalue weighted by molar-refractivity contribution is 9.10. The Morgan fingerprint density at radius 2 is 1.68 bits per heavy atom. The summed E-state index contributed by atoms with van der Waals surface area (Å²) in [5.41, 5.74) is 2.72. The van der Waals surface area contributed by atoms with Crippen molar-refractivity contribution in [2.24, 2.45) is 0 Å². The first kappa shape index (κ1) is 19.5. The summed E-state index contributed by atoms with van der Waals surface area (Å²) in [4.78, 5) is 24.9. The third kappa shape index (κ3) is 5.61. The second-order valence-electron chi connectivity index (χ2n) is 6.75. The number of urea groups is 1. The zero-order valence-electron chi connectivity index (χ0n) is 14.6. The van der Waals surface area contributed by atoms with Crippen molar-refractivity contribution < 1.29 is 9.59 Å². The zero-order valence-corrected chi connectivity index (χ0v) is 17.0. The van der Waals surface area contributed by atoms with Crippen LogP contribution in [0.3, 0.4) is 0 Å². The van der Waals surface area contributed by atoms with E-state index in [2.05, 4.69) is 46.7 Å². The van der Waals surface area contributed by atoms with Crippen molar-refractivity contribution in [3.63, 3.8) is 0 Å². The van der Waals surface area contributed by atoms with Crippen molar-refractivity contribution >= 4 is 39.8 Å². The Morgan fingerprint density at radius 1 is 1.04 bits per heavy atom. The Bertz CT molecular complexity index is 783. The molecule has 3 amide bonds. The van der Waals surface area contributed by atoms with Gasteiger partial charge in [-0.3, -0.25) is 14.8 Å². The maximum Gasteiger partial charge on any atom is 0.331 e. The molecule has 2 rings (SSSR count). The molecule has 0 fully saturated rings. The molecule has 0 heterocycles. The fourth-order valence-electron chi connectivity index (χ4n) is 2.11. The van der Waals surface area contributed by atoms with Crippen LogP contribution in [0.2, 0.25) is 0 Å². The molecule has 0 saturated heterocycles. The van der Waals surface area contributed by atoms with E-state index < -0.39 is 11.9 Å². The lowest BCUT2D eigenvalue weighted by molar-refractivity contribution is 0.0965. The summed E-state index contributed by atoms with van der Waals surface area (Å²) in [6, 6.07) is 12.5. The van der Waals surface area contributed by atoms with Crippen LogP contribution in [0, 0.1) is 6.92 Å². The summed E-state index contributed by atoms with van der Waals surface area (Å²) in [7, 11) is 0. The van der Waals surface area contributed by atoms with Gasteiger partial charge in [0.15, 0.2) is 0 Å². The normalized spacial score (nSPS) is 11.1. The first-order valence-electron chi connectivity index (χ1n) is 7.81. The molecule has 2 aromatic carbocycles. The number of halogens is 1. The smallest absolute Gasteiger partial charge is 0.277 e. The minimum Gasteiger partial charge on any atom is -0.277 e. The Labute approximate surface area is 161 Å². The van der Waals surface area contributed by atoms with E-state index in [1.807, 2.05) is 37.3 Å². The van der Waals surface area contributed by atoms with E-state index in [0.29, 0.717) is 5.56 Å². The first-order valence-corrected chi connectivity index (χ1v) is 9.42. The maximum absolute atomic E-state index is 12.1. The molecule has 0 atom stereocenters. The minimum atomic E-state index is -0.553. The summed E-state index contributed by atoms with van der Waals surface area (Å²) in [6.45, 7) is 8.31. The molecule has 132 valence electrons. The SMILES string of the molecule is Cc1ccc(SNC(=O)NC(=O)c2ccc(C(C)(C)C)cc2)c(Br)c1. The molecule has 2 N–H and O–H groups in total. The highest BCUT2D eigenvalue weighted by Crippen LogP contribution is 2.26. The first-order chi connectivity index (χ1) is 11.7. The number of benzene rings is 2. The van der Waals surface area contributed by atoms with Gasteiger partial charge in [0.1, 0.15) is 0 Å². The average Bonchev–Trinajstić information content (AvgIpc) is 2.53. The lowest BCUT2D eigenvalue weighted by Crippen LogP contribution is -2.36. The van der Waals surface area contributed by atoms with Gasteiger partial charge in [0.25, 0.3) is 5.91 Å². The lowest BCUT2D eigenvalue weighted by atomic mass is 9.87. The Hall–Kier alpha value is -1.79. The molecule has 0 spiro atoms. The van der Waals surface area contributed by atoms with Crippen LogP contribution in [0.1, 0.15) is 42.3 Å². The zero-order chi connectivity index (χ0) is 18.6. The van der Waals surface area contributed by atoms with Gasteiger partial charge >= 0.3 is 6.03 Å². The summed E-state index contributed by atoms with van der Waals surface area (Å²) in [5.74, 6) is -0.429. The fourth-order valence-corrected chi connectivity index (χ4v) is 3.39. The summed E-state index contributed by atoms with van der Waals surface area (Å²) in [6.07, 6.45) is 0. The number of carbonyl (C=O) groups is 2. The summed E-state index contributed by atoms with van der Waals surface area (Å²) in [5, 5.41) is 2.33. The highest BCUT2D eigenvalue weighted by Gasteiger charge is 2.15. The number of imide groups is 1. The maximum atomic E-state index is 12.1. The molecule has 0 aromatic heterocycles. The Kier molecular flexibility index (Phi) is 6.30. The van der Waals surface area contributed by atoms with Gasteiger partial charge in [0.2, 0.25) is 0 Å². The molecule has 0 saturated carbocycles. The van der Waals surface area contributed by atoms with Crippen molar-refractivity contribution in [3.05, 3.63) is 63.6 Å². The van der Waals surface area contributed by atoms with Crippen molar-refractivity contribution in [2.45, 2.75) is 38.0 Å². The predicted molar refractivity (Wildman–Crippen MR) is 106 cm³/mol. The summed E-state index contributed by atoms with van der Waals surface area (Å²) < 4.78 is 3.50. The van der Waals surface area contributed by atoms with Crippen LogP contribution in [-0.4, -0.2) is 11.9 Å². The van der Waals surface area contributed by atoms with Crippen LogP contribution in [0.4, 0.5) is 4.79 Å². The molecule has 6 heteroatoms. The topological polar surface area (TPSA) is 58.2 Å². The van der Waals surface area contributed by atoms with Crippen molar-refractivity contribution in [3.8, 4) is 0 Å². The van der Waals surface area contributed by atoms with Crippen LogP contribution >= 0.6 is 27.9 Å². The van der Waals surface area contributed by atoms with E-state index in [1.54, 1.807) is 12.1 Å². The van der Waals surface area contributed by atoms with Crippen LogP contribution in [0.25, 0.3) is 0 Å². The standard InChI is InChI=1S/C19H21BrN2O2S/c1-12-5-10-16(15(20)11-12)25-22-18(24)21-17(23)13-6-8-14(9-7-13)19(2,3)4/h5-11H,1-4H3,(H2,21,22,23,24). The molecule has 4 nitrogen and oxygen atoms in total. The van der Waals surface area contributed by atoms with Gasteiger partial charge in [0.05, 0.1) is 0 Å². The number of aryl methyl sites for hydroxylation is 1. The number of hydrogen-bond acceptors (Lipinski definition) is 3. The number of hydrogen-bond donors (Lipinski definition) is 2. The average molecular weight is 421 g/mol. The van der Waals surface area contributed by atoms with Crippen LogP contribution in [0.15, 0.2) is 51.8 Å². The molecule has 2 aromatic rings. The van der Waals surface area contributed by atoms with Gasteiger partial charge < -0.3 is 0 Å².